The first kappa shape index (κ1) is 9.25. The Morgan fingerprint density at radius 3 is 2.62 bits per heavy atom. The summed E-state index contributed by atoms with van der Waals surface area (Å²) < 4.78 is 4.83. The lowest BCUT2D eigenvalue weighted by atomic mass is 10.1. The molecule has 0 aliphatic heterocycles. The Kier molecular flexibility index (Phi) is 2.64. The quantitative estimate of drug-likeness (QED) is 0.710. The summed E-state index contributed by atoms with van der Waals surface area (Å²) >= 11 is 0. The van der Waals surface area contributed by atoms with Gasteiger partial charge in [-0.25, -0.2) is 4.79 Å². The summed E-state index contributed by atoms with van der Waals surface area (Å²) in [5, 5.41) is 8.65. The summed E-state index contributed by atoms with van der Waals surface area (Å²) in [7, 11) is 1.41. The molecule has 0 unspecified atom stereocenters. The van der Waals surface area contributed by atoms with E-state index in [-0.39, 0.29) is 11.1 Å². The molecule has 0 saturated heterocycles. The van der Waals surface area contributed by atoms with E-state index in [9.17, 15) is 9.59 Å². The van der Waals surface area contributed by atoms with Crippen LogP contribution in [0.3, 0.4) is 0 Å². The first-order valence-corrected chi connectivity index (χ1v) is 3.55. The highest BCUT2D eigenvalue weighted by Gasteiger charge is 2.06. The molecule has 0 spiro atoms. The van der Waals surface area contributed by atoms with E-state index in [0.29, 0.717) is 12.0 Å². The molecule has 0 atom stereocenters. The van der Waals surface area contributed by atoms with Gasteiger partial charge in [0.15, 0.2) is 0 Å². The molecule has 1 aromatic rings. The zero-order valence-corrected chi connectivity index (χ0v) is 6.98. The van der Waals surface area contributed by atoms with Crippen molar-refractivity contribution in [1.82, 2.24) is 0 Å². The van der Waals surface area contributed by atoms with E-state index in [1.807, 2.05) is 0 Å². The van der Waals surface area contributed by atoms with Crippen molar-refractivity contribution in [1.29, 1.82) is 0 Å². The van der Waals surface area contributed by atoms with E-state index in [1.165, 1.54) is 25.3 Å². The van der Waals surface area contributed by atoms with Gasteiger partial charge in [-0.1, -0.05) is 0 Å². The first-order chi connectivity index (χ1) is 6.17. The Bertz CT molecular complexity index is 343. The Labute approximate surface area is 74.8 Å². The van der Waals surface area contributed by atoms with Crippen LogP contribution in [0.25, 0.3) is 0 Å². The molecule has 0 amide bonds. The highest BCUT2D eigenvalue weighted by atomic mass is 16.5. The molecule has 0 aliphatic carbocycles. The third-order valence-electron chi connectivity index (χ3n) is 1.55. The average molecular weight is 180 g/mol. The normalized spacial score (nSPS) is 9.31. The number of carboxylic acids is 1. The van der Waals surface area contributed by atoms with Gasteiger partial charge in [0.05, 0.1) is 12.7 Å². The standard InChI is InChI=1S/C9H8O4/c1-13-8-3-6(5-10)2-7(4-8)9(11)12/h2-5H,1H3,(H,11,12). The molecule has 68 valence electrons. The van der Waals surface area contributed by atoms with Crippen molar-refractivity contribution in [2.45, 2.75) is 0 Å². The third-order valence-corrected chi connectivity index (χ3v) is 1.55. The molecule has 0 heterocycles. The van der Waals surface area contributed by atoms with Crippen LogP contribution in [0.2, 0.25) is 0 Å². The lowest BCUT2D eigenvalue weighted by Crippen LogP contribution is -1.98. The minimum absolute atomic E-state index is 0.0430. The maximum Gasteiger partial charge on any atom is 0.335 e. The number of hydrogen-bond acceptors (Lipinski definition) is 3. The number of aldehydes is 1. The number of methoxy groups -OCH3 is 1. The summed E-state index contributed by atoms with van der Waals surface area (Å²) in [5.41, 5.74) is 0.332. The molecular formula is C9H8O4. The topological polar surface area (TPSA) is 63.6 Å². The molecule has 0 bridgehead atoms. The molecule has 1 aromatic carbocycles. The van der Waals surface area contributed by atoms with Crippen LogP contribution < -0.4 is 4.74 Å². The number of rotatable bonds is 3. The summed E-state index contributed by atoms with van der Waals surface area (Å²) in [6, 6.07) is 4.12. The fourth-order valence-electron chi connectivity index (χ4n) is 0.931. The first-order valence-electron chi connectivity index (χ1n) is 3.55. The van der Waals surface area contributed by atoms with E-state index < -0.39 is 5.97 Å². The second-order valence-corrected chi connectivity index (χ2v) is 2.42. The van der Waals surface area contributed by atoms with Crippen LogP contribution in [0.4, 0.5) is 0 Å². The predicted octanol–water partition coefficient (Wildman–Crippen LogP) is 1.21. The van der Waals surface area contributed by atoms with Crippen LogP contribution in [0.5, 0.6) is 5.75 Å². The van der Waals surface area contributed by atoms with Crippen LogP contribution in [-0.2, 0) is 0 Å². The lowest BCUT2D eigenvalue weighted by Gasteiger charge is -2.02. The van der Waals surface area contributed by atoms with Crippen molar-refractivity contribution >= 4 is 12.3 Å². The molecule has 0 aromatic heterocycles. The molecule has 13 heavy (non-hydrogen) atoms. The van der Waals surface area contributed by atoms with Gasteiger partial charge in [-0.05, 0) is 18.2 Å². The van der Waals surface area contributed by atoms with E-state index in [2.05, 4.69) is 0 Å². The van der Waals surface area contributed by atoms with Crippen molar-refractivity contribution in [2.24, 2.45) is 0 Å². The van der Waals surface area contributed by atoms with Crippen molar-refractivity contribution in [3.8, 4) is 5.75 Å². The Morgan fingerprint density at radius 2 is 2.15 bits per heavy atom. The van der Waals surface area contributed by atoms with Crippen LogP contribution >= 0.6 is 0 Å². The highest BCUT2D eigenvalue weighted by molar-refractivity contribution is 5.90. The smallest absolute Gasteiger partial charge is 0.335 e. The number of carboxylic acid groups (broad SMARTS) is 1. The van der Waals surface area contributed by atoms with Gasteiger partial charge < -0.3 is 9.84 Å². The minimum Gasteiger partial charge on any atom is -0.497 e. The summed E-state index contributed by atoms with van der Waals surface area (Å²) in [6.07, 6.45) is 0.578. The monoisotopic (exact) mass is 180 g/mol. The predicted molar refractivity (Wildman–Crippen MR) is 45.3 cm³/mol. The fraction of sp³-hybridized carbons (Fsp3) is 0.111. The highest BCUT2D eigenvalue weighted by Crippen LogP contribution is 2.15. The Hall–Kier alpha value is -1.84. The molecule has 4 heteroatoms. The largest absolute Gasteiger partial charge is 0.497 e. The Morgan fingerprint density at radius 1 is 1.46 bits per heavy atom. The van der Waals surface area contributed by atoms with Crippen molar-refractivity contribution < 1.29 is 19.4 Å². The lowest BCUT2D eigenvalue weighted by molar-refractivity contribution is 0.0696. The van der Waals surface area contributed by atoms with Gasteiger partial charge in [0.1, 0.15) is 12.0 Å². The molecule has 0 radical (unpaired) electrons. The second-order valence-electron chi connectivity index (χ2n) is 2.42. The number of ether oxygens (including phenoxy) is 1. The number of hydrogen-bond donors (Lipinski definition) is 1. The van der Waals surface area contributed by atoms with Crippen LogP contribution in [0.15, 0.2) is 18.2 Å². The molecule has 4 nitrogen and oxygen atoms in total. The number of aromatic carboxylic acids is 1. The maximum atomic E-state index is 10.6. The van der Waals surface area contributed by atoms with Crippen molar-refractivity contribution in [3.05, 3.63) is 29.3 Å². The number of carbonyl (C=O) groups excluding carboxylic acids is 1. The fourth-order valence-corrected chi connectivity index (χ4v) is 0.931. The van der Waals surface area contributed by atoms with Gasteiger partial charge >= 0.3 is 5.97 Å². The molecule has 0 fully saturated rings. The van der Waals surface area contributed by atoms with Crippen molar-refractivity contribution in [2.75, 3.05) is 7.11 Å². The molecule has 1 N–H and O–H groups in total. The summed E-state index contributed by atoms with van der Waals surface area (Å²) in [4.78, 5) is 21.0. The summed E-state index contributed by atoms with van der Waals surface area (Å²) in [6.45, 7) is 0. The van der Waals surface area contributed by atoms with E-state index in [4.69, 9.17) is 9.84 Å². The molecule has 1 rings (SSSR count). The minimum atomic E-state index is -1.08. The second kappa shape index (κ2) is 3.71. The van der Waals surface area contributed by atoms with Gasteiger partial charge in [0.2, 0.25) is 0 Å². The summed E-state index contributed by atoms with van der Waals surface area (Å²) in [5.74, 6) is -0.719. The molecule has 0 aliphatic rings. The van der Waals surface area contributed by atoms with Gasteiger partial charge in [-0.3, -0.25) is 4.79 Å². The third kappa shape index (κ3) is 2.05. The van der Waals surface area contributed by atoms with E-state index >= 15 is 0 Å². The molecule has 0 saturated carbocycles. The Balaban J connectivity index is 3.22. The number of carbonyl (C=O) groups is 2. The zero-order valence-electron chi connectivity index (χ0n) is 6.98. The van der Waals surface area contributed by atoms with E-state index in [1.54, 1.807) is 0 Å². The number of benzene rings is 1. The molecular weight excluding hydrogens is 172 g/mol. The SMILES string of the molecule is COc1cc(C=O)cc(C(=O)O)c1. The maximum absolute atomic E-state index is 10.6. The van der Waals surface area contributed by atoms with Gasteiger partial charge in [-0.15, -0.1) is 0 Å². The van der Waals surface area contributed by atoms with Crippen LogP contribution in [-0.4, -0.2) is 24.5 Å². The average Bonchev–Trinajstić information content (AvgIpc) is 2.16. The zero-order chi connectivity index (χ0) is 9.84. The van der Waals surface area contributed by atoms with Gasteiger partial charge in [0.25, 0.3) is 0 Å². The van der Waals surface area contributed by atoms with Crippen LogP contribution in [0, 0.1) is 0 Å². The van der Waals surface area contributed by atoms with Gasteiger partial charge in [-0.2, -0.15) is 0 Å². The van der Waals surface area contributed by atoms with E-state index in [0.717, 1.165) is 0 Å². The van der Waals surface area contributed by atoms with Crippen molar-refractivity contribution in [3.63, 3.8) is 0 Å². The van der Waals surface area contributed by atoms with Crippen LogP contribution in [0.1, 0.15) is 20.7 Å². The van der Waals surface area contributed by atoms with Gasteiger partial charge in [0, 0.05) is 5.56 Å².